The molecule has 0 aromatic carbocycles. The van der Waals surface area contributed by atoms with E-state index in [1.54, 1.807) is 10.9 Å². The van der Waals surface area contributed by atoms with E-state index in [4.69, 9.17) is 10.3 Å². The third kappa shape index (κ3) is 2.50. The van der Waals surface area contributed by atoms with Crippen LogP contribution in [-0.4, -0.2) is 9.78 Å². The van der Waals surface area contributed by atoms with E-state index < -0.39 is 0 Å². The number of furan rings is 1. The first-order valence-corrected chi connectivity index (χ1v) is 5.26. The van der Waals surface area contributed by atoms with E-state index in [0.717, 1.165) is 24.2 Å². The molecule has 1 atom stereocenters. The highest BCUT2D eigenvalue weighted by Crippen LogP contribution is 2.17. The molecule has 0 amide bonds. The first kappa shape index (κ1) is 10.9. The second-order valence-corrected chi connectivity index (χ2v) is 3.78. The van der Waals surface area contributed by atoms with Crippen molar-refractivity contribution in [2.45, 2.75) is 18.9 Å². The third-order valence-electron chi connectivity index (χ3n) is 2.59. The zero-order valence-corrected chi connectivity index (χ0v) is 9.26. The molecule has 0 spiro atoms. The van der Waals surface area contributed by atoms with Crippen molar-refractivity contribution in [2.75, 3.05) is 0 Å². The molecule has 0 saturated heterocycles. The van der Waals surface area contributed by atoms with Gasteiger partial charge < -0.3 is 4.42 Å². The summed E-state index contributed by atoms with van der Waals surface area (Å²) in [5, 5.41) is 4.13. The van der Waals surface area contributed by atoms with Gasteiger partial charge in [0, 0.05) is 31.3 Å². The number of nitrogens with one attached hydrogen (secondary N) is 1. The standard InChI is InChI=1S/C11H16N4O/c1-15-8-9(7-13-15)11(14-12)5-4-10-3-2-6-16-10/h2-3,6-8,11,14H,4-5,12H2,1H3. The number of rotatable bonds is 5. The lowest BCUT2D eigenvalue weighted by Gasteiger charge is -2.12. The van der Waals surface area contributed by atoms with Gasteiger partial charge in [0.05, 0.1) is 12.5 Å². The van der Waals surface area contributed by atoms with Crippen molar-refractivity contribution in [3.63, 3.8) is 0 Å². The number of hydrogen-bond donors (Lipinski definition) is 2. The first-order chi connectivity index (χ1) is 7.79. The molecule has 5 nitrogen and oxygen atoms in total. The van der Waals surface area contributed by atoms with Gasteiger partial charge in [-0.05, 0) is 18.6 Å². The summed E-state index contributed by atoms with van der Waals surface area (Å²) >= 11 is 0. The zero-order valence-electron chi connectivity index (χ0n) is 9.26. The summed E-state index contributed by atoms with van der Waals surface area (Å²) in [6.07, 6.45) is 7.22. The normalized spacial score (nSPS) is 12.9. The number of hydrazine groups is 1. The molecule has 2 heterocycles. The quantitative estimate of drug-likeness (QED) is 0.586. The second-order valence-electron chi connectivity index (χ2n) is 3.78. The zero-order chi connectivity index (χ0) is 11.4. The monoisotopic (exact) mass is 220 g/mol. The molecule has 0 saturated carbocycles. The van der Waals surface area contributed by atoms with Gasteiger partial charge in [0.1, 0.15) is 5.76 Å². The molecule has 0 aliphatic rings. The summed E-state index contributed by atoms with van der Waals surface area (Å²) in [5.74, 6) is 6.51. The minimum atomic E-state index is 0.110. The fourth-order valence-electron chi connectivity index (χ4n) is 1.71. The molecule has 3 N–H and O–H groups in total. The molecule has 0 aliphatic carbocycles. The lowest BCUT2D eigenvalue weighted by Crippen LogP contribution is -2.28. The smallest absolute Gasteiger partial charge is 0.103 e. The van der Waals surface area contributed by atoms with Crippen LogP contribution in [0.25, 0.3) is 0 Å². The van der Waals surface area contributed by atoms with Crippen LogP contribution >= 0.6 is 0 Å². The number of aromatic nitrogens is 2. The molecule has 5 heteroatoms. The summed E-state index contributed by atoms with van der Waals surface area (Å²) in [4.78, 5) is 0. The van der Waals surface area contributed by atoms with Crippen LogP contribution in [0.3, 0.4) is 0 Å². The van der Waals surface area contributed by atoms with Crippen molar-refractivity contribution >= 4 is 0 Å². The molecule has 2 aromatic rings. The van der Waals surface area contributed by atoms with Gasteiger partial charge in [0.25, 0.3) is 0 Å². The van der Waals surface area contributed by atoms with E-state index >= 15 is 0 Å². The van der Waals surface area contributed by atoms with Crippen molar-refractivity contribution in [1.29, 1.82) is 0 Å². The van der Waals surface area contributed by atoms with E-state index in [1.807, 2.05) is 31.6 Å². The van der Waals surface area contributed by atoms with Gasteiger partial charge in [-0.25, -0.2) is 0 Å². The molecule has 0 aliphatic heterocycles. The van der Waals surface area contributed by atoms with Crippen molar-refractivity contribution in [3.05, 3.63) is 42.1 Å². The van der Waals surface area contributed by atoms with E-state index in [2.05, 4.69) is 10.5 Å². The van der Waals surface area contributed by atoms with Gasteiger partial charge in [-0.15, -0.1) is 0 Å². The lowest BCUT2D eigenvalue weighted by molar-refractivity contribution is 0.458. The Labute approximate surface area is 94.2 Å². The van der Waals surface area contributed by atoms with Crippen LogP contribution in [0.1, 0.15) is 23.8 Å². The fourth-order valence-corrected chi connectivity index (χ4v) is 1.71. The van der Waals surface area contributed by atoms with E-state index in [0.29, 0.717) is 0 Å². The molecule has 0 radical (unpaired) electrons. The van der Waals surface area contributed by atoms with Gasteiger partial charge in [-0.2, -0.15) is 5.10 Å². The van der Waals surface area contributed by atoms with Crippen LogP contribution in [0.4, 0.5) is 0 Å². The fraction of sp³-hybridized carbons (Fsp3) is 0.364. The molecule has 0 fully saturated rings. The Morgan fingerprint density at radius 3 is 3.06 bits per heavy atom. The van der Waals surface area contributed by atoms with Crippen LogP contribution in [0.15, 0.2) is 35.2 Å². The SMILES string of the molecule is Cn1cc(C(CCc2ccco2)NN)cn1. The maximum absolute atomic E-state index is 5.54. The Bertz CT molecular complexity index is 421. The molecular weight excluding hydrogens is 204 g/mol. The van der Waals surface area contributed by atoms with E-state index in [9.17, 15) is 0 Å². The average molecular weight is 220 g/mol. The molecule has 1 unspecified atom stereocenters. The Hall–Kier alpha value is -1.59. The number of hydrogen-bond acceptors (Lipinski definition) is 4. The van der Waals surface area contributed by atoms with Crippen LogP contribution in [0, 0.1) is 0 Å². The predicted octanol–water partition coefficient (Wildman–Crippen LogP) is 1.15. The van der Waals surface area contributed by atoms with Crippen LogP contribution in [0.5, 0.6) is 0 Å². The maximum Gasteiger partial charge on any atom is 0.103 e. The number of nitrogens with two attached hydrogens (primary N) is 1. The van der Waals surface area contributed by atoms with Gasteiger partial charge in [-0.1, -0.05) is 0 Å². The Morgan fingerprint density at radius 1 is 1.62 bits per heavy atom. The molecule has 2 aromatic heterocycles. The van der Waals surface area contributed by atoms with Gasteiger partial charge in [-0.3, -0.25) is 16.0 Å². The molecule has 86 valence electrons. The summed E-state index contributed by atoms with van der Waals surface area (Å²) in [7, 11) is 1.89. The molecular formula is C11H16N4O. The summed E-state index contributed by atoms with van der Waals surface area (Å²) in [5.41, 5.74) is 3.89. The average Bonchev–Trinajstić information content (AvgIpc) is 2.91. The summed E-state index contributed by atoms with van der Waals surface area (Å²) < 4.78 is 7.05. The minimum Gasteiger partial charge on any atom is -0.469 e. The van der Waals surface area contributed by atoms with E-state index in [-0.39, 0.29) is 6.04 Å². The van der Waals surface area contributed by atoms with Crippen LogP contribution < -0.4 is 11.3 Å². The first-order valence-electron chi connectivity index (χ1n) is 5.26. The summed E-state index contributed by atoms with van der Waals surface area (Å²) in [6.45, 7) is 0. The Morgan fingerprint density at radius 2 is 2.50 bits per heavy atom. The van der Waals surface area contributed by atoms with Crippen molar-refractivity contribution in [3.8, 4) is 0 Å². The van der Waals surface area contributed by atoms with Crippen LogP contribution in [0.2, 0.25) is 0 Å². The maximum atomic E-state index is 5.54. The molecule has 16 heavy (non-hydrogen) atoms. The topological polar surface area (TPSA) is 69.0 Å². The largest absolute Gasteiger partial charge is 0.469 e. The predicted molar refractivity (Wildman–Crippen MR) is 60.3 cm³/mol. The van der Waals surface area contributed by atoms with Crippen molar-refractivity contribution < 1.29 is 4.42 Å². The Balaban J connectivity index is 1.96. The van der Waals surface area contributed by atoms with Gasteiger partial charge in [0.2, 0.25) is 0 Å². The second kappa shape index (κ2) is 4.96. The lowest BCUT2D eigenvalue weighted by atomic mass is 10.1. The molecule has 0 bridgehead atoms. The Kier molecular flexibility index (Phi) is 3.38. The summed E-state index contributed by atoms with van der Waals surface area (Å²) in [6, 6.07) is 3.97. The van der Waals surface area contributed by atoms with Crippen molar-refractivity contribution in [1.82, 2.24) is 15.2 Å². The van der Waals surface area contributed by atoms with E-state index in [1.165, 1.54) is 0 Å². The van der Waals surface area contributed by atoms with Gasteiger partial charge in [0.15, 0.2) is 0 Å². The number of nitrogens with zero attached hydrogens (tertiary/aromatic N) is 2. The minimum absolute atomic E-state index is 0.110. The third-order valence-corrected chi connectivity index (χ3v) is 2.59. The highest BCUT2D eigenvalue weighted by molar-refractivity contribution is 5.10. The highest BCUT2D eigenvalue weighted by atomic mass is 16.3. The molecule has 2 rings (SSSR count). The number of aryl methyl sites for hydroxylation is 2. The van der Waals surface area contributed by atoms with Gasteiger partial charge >= 0.3 is 0 Å². The highest BCUT2D eigenvalue weighted by Gasteiger charge is 2.12. The van der Waals surface area contributed by atoms with Crippen LogP contribution in [-0.2, 0) is 13.5 Å². The van der Waals surface area contributed by atoms with Crippen molar-refractivity contribution in [2.24, 2.45) is 12.9 Å².